The molecule has 1 N–H and O–H groups in total. The molecule has 4 heteroatoms. The van der Waals surface area contributed by atoms with E-state index in [-0.39, 0.29) is 11.7 Å². The lowest BCUT2D eigenvalue weighted by Gasteiger charge is -2.18. The van der Waals surface area contributed by atoms with Gasteiger partial charge in [-0.15, -0.1) is 0 Å². The quantitative estimate of drug-likeness (QED) is 0.820. The van der Waals surface area contributed by atoms with Gasteiger partial charge in [-0.1, -0.05) is 6.08 Å². The van der Waals surface area contributed by atoms with Crippen molar-refractivity contribution in [2.45, 2.75) is 25.4 Å². The van der Waals surface area contributed by atoms with E-state index in [1.807, 2.05) is 12.2 Å². The van der Waals surface area contributed by atoms with Crippen LogP contribution >= 0.6 is 0 Å². The molecule has 0 aliphatic heterocycles. The van der Waals surface area contributed by atoms with Crippen LogP contribution in [0.25, 0.3) is 0 Å². The zero-order chi connectivity index (χ0) is 12.3. The lowest BCUT2D eigenvalue weighted by Crippen LogP contribution is -2.15. The fraction of sp³-hybridized carbons (Fsp3) is 0.308. The third-order valence-corrected chi connectivity index (χ3v) is 2.67. The maximum absolute atomic E-state index is 13.4. The molecule has 0 aromatic heterocycles. The summed E-state index contributed by atoms with van der Waals surface area (Å²) in [6, 6.07) is 3.82. The van der Waals surface area contributed by atoms with Crippen LogP contribution in [0.5, 0.6) is 5.75 Å². The van der Waals surface area contributed by atoms with E-state index >= 15 is 0 Å². The molecule has 17 heavy (non-hydrogen) atoms. The topological polar surface area (TPSA) is 46.5 Å². The summed E-state index contributed by atoms with van der Waals surface area (Å²) in [7, 11) is 0. The molecule has 90 valence electrons. The van der Waals surface area contributed by atoms with Gasteiger partial charge < -0.3 is 9.84 Å². The summed E-state index contributed by atoms with van der Waals surface area (Å²) in [6.45, 7) is 0. The van der Waals surface area contributed by atoms with Crippen LogP contribution < -0.4 is 4.74 Å². The summed E-state index contributed by atoms with van der Waals surface area (Å²) in [4.78, 5) is 10.6. The highest BCUT2D eigenvalue weighted by Crippen LogP contribution is 2.21. The molecular formula is C13H13FO3. The predicted octanol–water partition coefficient (Wildman–Crippen LogP) is 3.01. The zero-order valence-electron chi connectivity index (χ0n) is 9.23. The van der Waals surface area contributed by atoms with Crippen LogP contribution in [0.4, 0.5) is 4.39 Å². The molecular weight excluding hydrogens is 223 g/mol. The van der Waals surface area contributed by atoms with Crippen molar-refractivity contribution in [1.82, 2.24) is 0 Å². The van der Waals surface area contributed by atoms with E-state index in [1.165, 1.54) is 12.1 Å². The molecule has 2 rings (SSSR count). The number of allylic oxidation sites excluding steroid dienone is 1. The number of rotatable bonds is 3. The minimum absolute atomic E-state index is 0.0428. The number of carboxylic acids is 1. The summed E-state index contributed by atoms with van der Waals surface area (Å²) < 4.78 is 18.9. The highest BCUT2D eigenvalue weighted by Gasteiger charge is 2.14. The molecule has 0 radical (unpaired) electrons. The van der Waals surface area contributed by atoms with Crippen molar-refractivity contribution >= 4 is 5.97 Å². The maximum atomic E-state index is 13.4. The van der Waals surface area contributed by atoms with Crippen LogP contribution in [-0.4, -0.2) is 17.2 Å². The molecule has 0 spiro atoms. The lowest BCUT2D eigenvalue weighted by atomic mass is 10.1. The normalized spacial score (nSPS) is 19.0. The second-order valence-corrected chi connectivity index (χ2v) is 3.96. The Balaban J connectivity index is 2.12. The second kappa shape index (κ2) is 4.99. The average Bonchev–Trinajstić information content (AvgIpc) is 2.30. The highest BCUT2D eigenvalue weighted by atomic mass is 19.1. The molecule has 1 aliphatic carbocycles. The first-order chi connectivity index (χ1) is 8.16. The molecule has 3 nitrogen and oxygen atoms in total. The molecule has 0 heterocycles. The van der Waals surface area contributed by atoms with Crippen LogP contribution in [0.15, 0.2) is 30.4 Å². The largest absolute Gasteiger partial charge is 0.486 e. The fourth-order valence-electron chi connectivity index (χ4n) is 1.80. The number of hydrogen-bond donors (Lipinski definition) is 1. The number of benzene rings is 1. The fourth-order valence-corrected chi connectivity index (χ4v) is 1.80. The summed E-state index contributed by atoms with van der Waals surface area (Å²) in [5, 5.41) is 8.69. The first-order valence-corrected chi connectivity index (χ1v) is 5.53. The Morgan fingerprint density at radius 2 is 2.29 bits per heavy atom. The second-order valence-electron chi connectivity index (χ2n) is 3.96. The number of carboxylic acid groups (broad SMARTS) is 1. The maximum Gasteiger partial charge on any atom is 0.338 e. The predicted molar refractivity (Wildman–Crippen MR) is 60.8 cm³/mol. The average molecular weight is 236 g/mol. The van der Waals surface area contributed by atoms with E-state index in [0.717, 1.165) is 25.3 Å². The van der Waals surface area contributed by atoms with Crippen LogP contribution in [0.2, 0.25) is 0 Å². The molecule has 0 fully saturated rings. The van der Waals surface area contributed by atoms with Crippen molar-refractivity contribution in [3.63, 3.8) is 0 Å². The van der Waals surface area contributed by atoms with Gasteiger partial charge in [-0.05, 0) is 37.5 Å². The van der Waals surface area contributed by atoms with Crippen molar-refractivity contribution in [3.05, 3.63) is 41.7 Å². The van der Waals surface area contributed by atoms with Gasteiger partial charge in [0.1, 0.15) is 17.7 Å². The molecule has 0 saturated carbocycles. The molecule has 0 bridgehead atoms. The van der Waals surface area contributed by atoms with Crippen LogP contribution in [0, 0.1) is 5.82 Å². The Kier molecular flexibility index (Phi) is 3.42. The van der Waals surface area contributed by atoms with E-state index in [1.54, 1.807) is 0 Å². The van der Waals surface area contributed by atoms with E-state index < -0.39 is 11.8 Å². The Hall–Kier alpha value is -1.84. The van der Waals surface area contributed by atoms with Crippen molar-refractivity contribution < 1.29 is 19.0 Å². The number of halogens is 1. The van der Waals surface area contributed by atoms with Crippen molar-refractivity contribution in [2.24, 2.45) is 0 Å². The summed E-state index contributed by atoms with van der Waals surface area (Å²) in [6.07, 6.45) is 6.95. The highest BCUT2D eigenvalue weighted by molar-refractivity contribution is 5.88. The van der Waals surface area contributed by atoms with Gasteiger partial charge in [-0.25, -0.2) is 9.18 Å². The van der Waals surface area contributed by atoms with E-state index in [9.17, 15) is 9.18 Å². The third kappa shape index (κ3) is 2.84. The SMILES string of the molecule is O=C(O)c1ccc(OC2C=CCCC2)cc1F. The molecule has 0 amide bonds. The molecule has 0 saturated heterocycles. The Labute approximate surface area is 98.5 Å². The van der Waals surface area contributed by atoms with Crippen LogP contribution in [0.3, 0.4) is 0 Å². The van der Waals surface area contributed by atoms with Gasteiger partial charge in [0.05, 0.1) is 5.56 Å². The van der Waals surface area contributed by atoms with Crippen LogP contribution in [-0.2, 0) is 0 Å². The number of aromatic carboxylic acids is 1. The minimum atomic E-state index is -1.27. The number of hydrogen-bond acceptors (Lipinski definition) is 2. The van der Waals surface area contributed by atoms with E-state index in [2.05, 4.69) is 0 Å². The van der Waals surface area contributed by atoms with Crippen molar-refractivity contribution in [1.29, 1.82) is 0 Å². The summed E-state index contributed by atoms with van der Waals surface area (Å²) in [5.74, 6) is -1.68. The summed E-state index contributed by atoms with van der Waals surface area (Å²) in [5.41, 5.74) is -0.337. The van der Waals surface area contributed by atoms with Gasteiger partial charge in [0, 0.05) is 6.07 Å². The third-order valence-electron chi connectivity index (χ3n) is 2.67. The van der Waals surface area contributed by atoms with Gasteiger partial charge in [-0.3, -0.25) is 0 Å². The Bertz CT molecular complexity index is 454. The van der Waals surface area contributed by atoms with E-state index in [0.29, 0.717) is 5.75 Å². The van der Waals surface area contributed by atoms with Gasteiger partial charge >= 0.3 is 5.97 Å². The standard InChI is InChI=1S/C13H13FO3/c14-12-8-10(6-7-11(12)13(15)16)17-9-4-2-1-3-5-9/h2,4,6-9H,1,3,5H2,(H,15,16). The van der Waals surface area contributed by atoms with Gasteiger partial charge in [0.25, 0.3) is 0 Å². The number of carbonyl (C=O) groups is 1. The molecule has 1 aromatic carbocycles. The first-order valence-electron chi connectivity index (χ1n) is 5.53. The van der Waals surface area contributed by atoms with Gasteiger partial charge in [0.2, 0.25) is 0 Å². The Morgan fingerprint density at radius 1 is 1.47 bits per heavy atom. The Morgan fingerprint density at radius 3 is 2.88 bits per heavy atom. The van der Waals surface area contributed by atoms with Crippen LogP contribution in [0.1, 0.15) is 29.6 Å². The molecule has 1 atom stereocenters. The monoisotopic (exact) mass is 236 g/mol. The minimum Gasteiger partial charge on any atom is -0.486 e. The van der Waals surface area contributed by atoms with Gasteiger partial charge in [0.15, 0.2) is 0 Å². The first kappa shape index (κ1) is 11.6. The molecule has 1 unspecified atom stereocenters. The number of ether oxygens (including phenoxy) is 1. The smallest absolute Gasteiger partial charge is 0.338 e. The molecule has 1 aromatic rings. The van der Waals surface area contributed by atoms with Gasteiger partial charge in [-0.2, -0.15) is 0 Å². The van der Waals surface area contributed by atoms with Crippen molar-refractivity contribution in [2.75, 3.05) is 0 Å². The van der Waals surface area contributed by atoms with E-state index in [4.69, 9.17) is 9.84 Å². The van der Waals surface area contributed by atoms with Crippen molar-refractivity contribution in [3.8, 4) is 5.75 Å². The summed E-state index contributed by atoms with van der Waals surface area (Å²) >= 11 is 0. The molecule has 1 aliphatic rings. The lowest BCUT2D eigenvalue weighted by molar-refractivity contribution is 0.0692. The zero-order valence-corrected chi connectivity index (χ0v) is 9.23.